The number of benzene rings is 1. The lowest BCUT2D eigenvalue weighted by atomic mass is 9.85. The van der Waals surface area contributed by atoms with Crippen molar-refractivity contribution in [2.24, 2.45) is 11.8 Å². The molecule has 3 amide bonds. The van der Waals surface area contributed by atoms with Gasteiger partial charge >= 0.3 is 18.0 Å². The minimum absolute atomic E-state index is 0.0396. The van der Waals surface area contributed by atoms with Gasteiger partial charge in [-0.2, -0.15) is 0 Å². The molecule has 2 saturated heterocycles. The number of aryl methyl sites for hydroxylation is 1. The van der Waals surface area contributed by atoms with Gasteiger partial charge in [0.25, 0.3) is 0 Å². The zero-order valence-corrected chi connectivity index (χ0v) is 16.1. The Balaban J connectivity index is 0.000000321. The van der Waals surface area contributed by atoms with Crippen LogP contribution in [0.2, 0.25) is 0 Å². The Labute approximate surface area is 168 Å². The number of imide groups is 1. The molecule has 1 aromatic carbocycles. The van der Waals surface area contributed by atoms with Gasteiger partial charge in [0.05, 0.1) is 5.92 Å². The maximum Gasteiger partial charge on any atom is 0.328 e. The highest BCUT2D eigenvalue weighted by Gasteiger charge is 2.39. The number of fused-ring (bicyclic) bond motifs is 2. The van der Waals surface area contributed by atoms with E-state index in [1.807, 2.05) is 31.2 Å². The number of amides is 3. The lowest BCUT2D eigenvalue weighted by molar-refractivity contribution is -0.137. The van der Waals surface area contributed by atoms with E-state index in [1.54, 1.807) is 0 Å². The molecule has 2 bridgehead atoms. The smallest absolute Gasteiger partial charge is 0.328 e. The van der Waals surface area contributed by atoms with Crippen LogP contribution in [0.1, 0.15) is 17.5 Å². The molecule has 2 fully saturated rings. The van der Waals surface area contributed by atoms with Crippen LogP contribution in [-0.2, 0) is 20.9 Å². The Morgan fingerprint density at radius 1 is 1.21 bits per heavy atom. The number of likely N-dealkylation sites (tertiary alicyclic amines) is 1. The summed E-state index contributed by atoms with van der Waals surface area (Å²) in [7, 11) is 0. The van der Waals surface area contributed by atoms with Gasteiger partial charge in [-0.3, -0.25) is 9.69 Å². The second kappa shape index (κ2) is 10.4. The Morgan fingerprint density at radius 2 is 1.90 bits per heavy atom. The number of hydrogen-bond acceptors (Lipinski definition) is 5. The van der Waals surface area contributed by atoms with Crippen LogP contribution in [0.25, 0.3) is 0 Å². The molecule has 0 spiro atoms. The molecule has 3 rings (SSSR count). The summed E-state index contributed by atoms with van der Waals surface area (Å²) in [5.74, 6) is -2.20. The highest BCUT2D eigenvalue weighted by molar-refractivity contribution is 5.96. The molecule has 4 N–H and O–H groups in total. The Kier molecular flexibility index (Phi) is 7.90. The fraction of sp³-hybridized carbons (Fsp3) is 0.400. The largest absolute Gasteiger partial charge is 0.478 e. The predicted molar refractivity (Wildman–Crippen MR) is 104 cm³/mol. The fourth-order valence-corrected chi connectivity index (χ4v) is 3.35. The number of aliphatic carboxylic acids is 2. The maximum absolute atomic E-state index is 12.3. The number of rotatable bonds is 4. The van der Waals surface area contributed by atoms with Crippen LogP contribution in [0.15, 0.2) is 36.4 Å². The number of carboxylic acids is 2. The van der Waals surface area contributed by atoms with E-state index in [9.17, 15) is 19.2 Å². The summed E-state index contributed by atoms with van der Waals surface area (Å²) in [6.45, 7) is 4.59. The minimum atomic E-state index is -1.26. The third kappa shape index (κ3) is 7.04. The molecule has 1 aromatic rings. The SMILES string of the molecule is Cc1cccc(CNC(=O)N2CC3CNCC(C3)C2=O)c1.O=C(O)/C=C/C(=O)O. The fourth-order valence-electron chi connectivity index (χ4n) is 3.35. The van der Waals surface area contributed by atoms with Gasteiger partial charge in [0.1, 0.15) is 0 Å². The average molecular weight is 403 g/mol. The molecule has 0 aliphatic carbocycles. The second-order valence-electron chi connectivity index (χ2n) is 7.06. The summed E-state index contributed by atoms with van der Waals surface area (Å²) < 4.78 is 0. The first-order valence-corrected chi connectivity index (χ1v) is 9.25. The molecule has 0 saturated carbocycles. The zero-order valence-electron chi connectivity index (χ0n) is 16.1. The van der Waals surface area contributed by atoms with E-state index in [1.165, 1.54) is 4.90 Å². The van der Waals surface area contributed by atoms with Crippen molar-refractivity contribution < 1.29 is 29.4 Å². The molecule has 156 valence electrons. The normalized spacial score (nSPS) is 20.6. The van der Waals surface area contributed by atoms with Gasteiger partial charge in [-0.1, -0.05) is 29.8 Å². The zero-order chi connectivity index (χ0) is 21.4. The first kappa shape index (κ1) is 22.1. The number of hydrogen-bond donors (Lipinski definition) is 4. The van der Waals surface area contributed by atoms with Crippen molar-refractivity contribution >= 4 is 23.9 Å². The monoisotopic (exact) mass is 403 g/mol. The van der Waals surface area contributed by atoms with Crippen molar-refractivity contribution in [1.82, 2.24) is 15.5 Å². The van der Waals surface area contributed by atoms with Gasteiger partial charge < -0.3 is 20.8 Å². The first-order chi connectivity index (χ1) is 13.8. The molecule has 0 radical (unpaired) electrons. The second-order valence-corrected chi connectivity index (χ2v) is 7.06. The number of urea groups is 1. The van der Waals surface area contributed by atoms with Crippen LogP contribution in [0.3, 0.4) is 0 Å². The highest BCUT2D eigenvalue weighted by atomic mass is 16.4. The van der Waals surface area contributed by atoms with Crippen LogP contribution < -0.4 is 10.6 Å². The summed E-state index contributed by atoms with van der Waals surface area (Å²) in [4.78, 5) is 45.0. The highest BCUT2D eigenvalue weighted by Crippen LogP contribution is 2.25. The summed E-state index contributed by atoms with van der Waals surface area (Å²) in [5.41, 5.74) is 2.21. The molecular formula is C20H25N3O6. The van der Waals surface area contributed by atoms with Crippen LogP contribution >= 0.6 is 0 Å². The van der Waals surface area contributed by atoms with Crippen LogP contribution in [0.5, 0.6) is 0 Å². The van der Waals surface area contributed by atoms with E-state index in [-0.39, 0.29) is 17.9 Å². The molecule has 2 aliphatic rings. The van der Waals surface area contributed by atoms with Gasteiger partial charge in [-0.15, -0.1) is 0 Å². The Bertz CT molecular complexity index is 791. The molecule has 29 heavy (non-hydrogen) atoms. The minimum Gasteiger partial charge on any atom is -0.478 e. The Morgan fingerprint density at radius 3 is 2.52 bits per heavy atom. The van der Waals surface area contributed by atoms with Crippen LogP contribution in [0, 0.1) is 18.8 Å². The molecule has 2 heterocycles. The maximum atomic E-state index is 12.3. The summed E-state index contributed by atoms with van der Waals surface area (Å²) in [6.07, 6.45) is 2.03. The van der Waals surface area contributed by atoms with Crippen molar-refractivity contribution in [3.05, 3.63) is 47.5 Å². The van der Waals surface area contributed by atoms with E-state index >= 15 is 0 Å². The first-order valence-electron chi connectivity index (χ1n) is 9.25. The van der Waals surface area contributed by atoms with Crippen LogP contribution in [0.4, 0.5) is 4.79 Å². The van der Waals surface area contributed by atoms with Gasteiger partial charge in [0, 0.05) is 31.8 Å². The molecule has 2 unspecified atom stereocenters. The lowest BCUT2D eigenvalue weighted by Gasteiger charge is -2.39. The molecule has 9 heteroatoms. The number of nitrogens with one attached hydrogen (secondary N) is 2. The molecule has 2 aliphatic heterocycles. The average Bonchev–Trinajstić information content (AvgIpc) is 2.68. The summed E-state index contributed by atoms with van der Waals surface area (Å²) in [6, 6.07) is 7.74. The van der Waals surface area contributed by atoms with E-state index in [0.717, 1.165) is 24.1 Å². The van der Waals surface area contributed by atoms with Crippen molar-refractivity contribution in [3.63, 3.8) is 0 Å². The van der Waals surface area contributed by atoms with Gasteiger partial charge in [0.15, 0.2) is 0 Å². The summed E-state index contributed by atoms with van der Waals surface area (Å²) >= 11 is 0. The number of carbonyl (C=O) groups is 4. The number of nitrogens with zero attached hydrogens (tertiary/aromatic N) is 1. The van der Waals surface area contributed by atoms with E-state index in [4.69, 9.17) is 10.2 Å². The Hall–Kier alpha value is -3.20. The predicted octanol–water partition coefficient (Wildman–Crippen LogP) is 0.984. The summed E-state index contributed by atoms with van der Waals surface area (Å²) in [5, 5.41) is 21.7. The molecule has 2 atom stereocenters. The van der Waals surface area contributed by atoms with Crippen molar-refractivity contribution in [1.29, 1.82) is 0 Å². The van der Waals surface area contributed by atoms with E-state index in [2.05, 4.69) is 10.6 Å². The van der Waals surface area contributed by atoms with E-state index in [0.29, 0.717) is 37.7 Å². The molecule has 9 nitrogen and oxygen atoms in total. The lowest BCUT2D eigenvalue weighted by Crippen LogP contribution is -2.58. The van der Waals surface area contributed by atoms with Crippen LogP contribution in [-0.4, -0.2) is 58.6 Å². The van der Waals surface area contributed by atoms with Gasteiger partial charge in [-0.25, -0.2) is 14.4 Å². The van der Waals surface area contributed by atoms with Crippen molar-refractivity contribution in [2.75, 3.05) is 19.6 Å². The standard InChI is InChI=1S/C16H21N3O2.C4H4O4/c1-11-3-2-4-12(5-11)8-18-16(21)19-10-13-6-14(15(19)20)9-17-7-13;5-3(6)1-2-4(7)8/h2-5,13-14,17H,6-10H2,1H3,(H,18,21);1-2H,(H,5,6)(H,7,8)/b;2-1+. The third-order valence-corrected chi connectivity index (χ3v) is 4.64. The van der Waals surface area contributed by atoms with Gasteiger partial charge in [-0.05, 0) is 31.4 Å². The quantitative estimate of drug-likeness (QED) is 0.550. The molecular weight excluding hydrogens is 378 g/mol. The topological polar surface area (TPSA) is 136 Å². The van der Waals surface area contributed by atoms with Crippen molar-refractivity contribution in [2.45, 2.75) is 19.9 Å². The third-order valence-electron chi connectivity index (χ3n) is 4.64. The van der Waals surface area contributed by atoms with Gasteiger partial charge in [0.2, 0.25) is 5.91 Å². The number of carbonyl (C=O) groups excluding carboxylic acids is 2. The number of piperidine rings is 2. The van der Waals surface area contributed by atoms with E-state index < -0.39 is 11.9 Å². The number of carboxylic acid groups (broad SMARTS) is 2. The molecule has 0 aromatic heterocycles. The van der Waals surface area contributed by atoms with Crippen molar-refractivity contribution in [3.8, 4) is 0 Å².